The predicted molar refractivity (Wildman–Crippen MR) is 126 cm³/mol. The van der Waals surface area contributed by atoms with Crippen molar-refractivity contribution in [2.24, 2.45) is 5.92 Å². The molecular formula is C25H35N3O6. The van der Waals surface area contributed by atoms with Crippen LogP contribution in [0.25, 0.3) is 0 Å². The summed E-state index contributed by atoms with van der Waals surface area (Å²) < 4.78 is 16.2. The van der Waals surface area contributed by atoms with Crippen LogP contribution in [-0.2, 0) is 19.1 Å². The van der Waals surface area contributed by atoms with Crippen LogP contribution in [-0.4, -0.2) is 61.8 Å². The molecule has 0 spiro atoms. The number of piperidine rings is 1. The Labute approximate surface area is 200 Å². The Morgan fingerprint density at radius 2 is 1.71 bits per heavy atom. The van der Waals surface area contributed by atoms with Crippen molar-refractivity contribution < 1.29 is 28.6 Å². The van der Waals surface area contributed by atoms with Crippen LogP contribution in [0.2, 0.25) is 0 Å². The molecule has 2 heterocycles. The lowest BCUT2D eigenvalue weighted by Crippen LogP contribution is -2.49. The summed E-state index contributed by atoms with van der Waals surface area (Å²) >= 11 is 0. The molecule has 2 aliphatic rings. The van der Waals surface area contributed by atoms with Crippen molar-refractivity contribution in [2.45, 2.75) is 52.7 Å². The lowest BCUT2D eigenvalue weighted by Gasteiger charge is -2.35. The number of carbonyl (C=O) groups excluding carboxylic acids is 3. The van der Waals surface area contributed by atoms with E-state index in [2.05, 4.69) is 15.5 Å². The van der Waals surface area contributed by atoms with E-state index in [0.717, 1.165) is 5.56 Å². The summed E-state index contributed by atoms with van der Waals surface area (Å²) in [6.45, 7) is 9.76. The lowest BCUT2D eigenvalue weighted by atomic mass is 9.93. The average molecular weight is 474 g/mol. The van der Waals surface area contributed by atoms with Gasteiger partial charge in [0.1, 0.15) is 5.75 Å². The number of ether oxygens (including phenoxy) is 3. The van der Waals surface area contributed by atoms with Gasteiger partial charge in [0.2, 0.25) is 0 Å². The zero-order valence-electron chi connectivity index (χ0n) is 20.4. The van der Waals surface area contributed by atoms with Gasteiger partial charge in [0.25, 0.3) is 0 Å². The van der Waals surface area contributed by atoms with E-state index in [9.17, 15) is 14.4 Å². The molecule has 34 heavy (non-hydrogen) atoms. The van der Waals surface area contributed by atoms with E-state index in [-0.39, 0.29) is 30.6 Å². The summed E-state index contributed by atoms with van der Waals surface area (Å²) in [5.74, 6) is -0.0327. The highest BCUT2D eigenvalue weighted by Gasteiger charge is 2.35. The van der Waals surface area contributed by atoms with Crippen molar-refractivity contribution in [3.63, 3.8) is 0 Å². The molecule has 0 aromatic heterocycles. The van der Waals surface area contributed by atoms with Crippen molar-refractivity contribution >= 4 is 18.0 Å². The first-order valence-electron chi connectivity index (χ1n) is 12.0. The number of nitrogens with one attached hydrogen (secondary N) is 2. The third-order valence-corrected chi connectivity index (χ3v) is 5.82. The summed E-state index contributed by atoms with van der Waals surface area (Å²) in [5, 5.41) is 5.67. The van der Waals surface area contributed by atoms with Crippen molar-refractivity contribution in [1.82, 2.24) is 15.5 Å². The largest absolute Gasteiger partial charge is 0.491 e. The molecule has 1 fully saturated rings. The molecular weight excluding hydrogens is 438 g/mol. The minimum absolute atomic E-state index is 0.0407. The van der Waals surface area contributed by atoms with Gasteiger partial charge in [-0.25, -0.2) is 9.59 Å². The van der Waals surface area contributed by atoms with Gasteiger partial charge in [0.05, 0.1) is 36.9 Å². The Balaban J connectivity index is 1.82. The third-order valence-electron chi connectivity index (χ3n) is 5.82. The maximum absolute atomic E-state index is 13.0. The molecule has 0 aliphatic carbocycles. The van der Waals surface area contributed by atoms with Crippen LogP contribution in [0.4, 0.5) is 4.79 Å². The summed E-state index contributed by atoms with van der Waals surface area (Å²) in [6, 6.07) is 6.31. The number of benzene rings is 1. The highest BCUT2D eigenvalue weighted by atomic mass is 16.5. The van der Waals surface area contributed by atoms with E-state index in [1.807, 2.05) is 38.1 Å². The Bertz CT molecular complexity index is 904. The van der Waals surface area contributed by atoms with Crippen LogP contribution in [0.1, 0.15) is 52.1 Å². The van der Waals surface area contributed by atoms with E-state index in [1.165, 1.54) is 0 Å². The molecule has 3 rings (SSSR count). The number of urea groups is 1. The molecule has 1 saturated heterocycles. The SMILES string of the molecule is CCOC(=O)C1=C(CN2CCC(C(=O)OCC)CC2)NC(=O)NC1c1ccc(OC(C)C)cc1. The van der Waals surface area contributed by atoms with Gasteiger partial charge in [0.15, 0.2) is 0 Å². The highest BCUT2D eigenvalue weighted by molar-refractivity contribution is 5.95. The van der Waals surface area contributed by atoms with Crippen molar-refractivity contribution in [2.75, 3.05) is 32.8 Å². The molecule has 0 radical (unpaired) electrons. The summed E-state index contributed by atoms with van der Waals surface area (Å²) in [7, 11) is 0. The van der Waals surface area contributed by atoms with Gasteiger partial charge in [-0.05, 0) is 71.3 Å². The second-order valence-electron chi connectivity index (χ2n) is 8.68. The monoisotopic (exact) mass is 473 g/mol. The number of amides is 2. The topological polar surface area (TPSA) is 106 Å². The number of nitrogens with zero attached hydrogens (tertiary/aromatic N) is 1. The Kier molecular flexibility index (Phi) is 8.92. The van der Waals surface area contributed by atoms with Gasteiger partial charge in [-0.3, -0.25) is 9.69 Å². The van der Waals surface area contributed by atoms with Crippen LogP contribution < -0.4 is 15.4 Å². The maximum atomic E-state index is 13.0. The van der Waals surface area contributed by atoms with E-state index < -0.39 is 12.0 Å². The van der Waals surface area contributed by atoms with E-state index >= 15 is 0 Å². The van der Waals surface area contributed by atoms with Gasteiger partial charge in [-0.1, -0.05) is 12.1 Å². The van der Waals surface area contributed by atoms with Gasteiger partial charge >= 0.3 is 18.0 Å². The second-order valence-corrected chi connectivity index (χ2v) is 8.68. The van der Waals surface area contributed by atoms with E-state index in [1.54, 1.807) is 13.8 Å². The fourth-order valence-corrected chi connectivity index (χ4v) is 4.26. The summed E-state index contributed by atoms with van der Waals surface area (Å²) in [6.07, 6.45) is 1.39. The number of rotatable bonds is 9. The highest BCUT2D eigenvalue weighted by Crippen LogP contribution is 2.30. The molecule has 9 nitrogen and oxygen atoms in total. The minimum atomic E-state index is -0.645. The fraction of sp³-hybridized carbons (Fsp3) is 0.560. The molecule has 9 heteroatoms. The van der Waals surface area contributed by atoms with E-state index in [0.29, 0.717) is 56.1 Å². The standard InChI is InChI=1S/C25H35N3O6/c1-5-32-23(29)18-11-13-28(14-12-18)15-20-21(24(30)33-6-2)22(27-25(31)26-20)17-7-9-19(10-8-17)34-16(3)4/h7-10,16,18,22H,5-6,11-15H2,1-4H3,(H2,26,27,31). The summed E-state index contributed by atoms with van der Waals surface area (Å²) in [5.41, 5.74) is 1.66. The average Bonchev–Trinajstić information content (AvgIpc) is 2.79. The maximum Gasteiger partial charge on any atom is 0.338 e. The fourth-order valence-electron chi connectivity index (χ4n) is 4.26. The first-order valence-corrected chi connectivity index (χ1v) is 12.0. The zero-order chi connectivity index (χ0) is 24.7. The van der Waals surface area contributed by atoms with Gasteiger partial charge < -0.3 is 24.8 Å². The van der Waals surface area contributed by atoms with Crippen LogP contribution in [0, 0.1) is 5.92 Å². The number of esters is 2. The second kappa shape index (κ2) is 11.9. The molecule has 1 atom stereocenters. The normalized spacial score (nSPS) is 19.4. The molecule has 2 amide bonds. The van der Waals surface area contributed by atoms with E-state index in [4.69, 9.17) is 14.2 Å². The summed E-state index contributed by atoms with van der Waals surface area (Å²) in [4.78, 5) is 39.7. The molecule has 0 saturated carbocycles. The number of likely N-dealkylation sites (tertiary alicyclic amines) is 1. The molecule has 186 valence electrons. The van der Waals surface area contributed by atoms with Crippen LogP contribution in [0.3, 0.4) is 0 Å². The molecule has 1 unspecified atom stereocenters. The molecule has 0 bridgehead atoms. The van der Waals surface area contributed by atoms with Gasteiger partial charge in [-0.15, -0.1) is 0 Å². The van der Waals surface area contributed by atoms with Crippen molar-refractivity contribution in [3.05, 3.63) is 41.1 Å². The smallest absolute Gasteiger partial charge is 0.338 e. The first-order chi connectivity index (χ1) is 16.3. The van der Waals surface area contributed by atoms with Crippen molar-refractivity contribution in [3.8, 4) is 5.75 Å². The molecule has 1 aromatic carbocycles. The Morgan fingerprint density at radius 3 is 2.29 bits per heavy atom. The third kappa shape index (κ3) is 6.50. The van der Waals surface area contributed by atoms with Crippen LogP contribution >= 0.6 is 0 Å². The first kappa shape index (κ1) is 25.6. The Morgan fingerprint density at radius 1 is 1.06 bits per heavy atom. The van der Waals surface area contributed by atoms with Gasteiger partial charge in [0, 0.05) is 12.2 Å². The Hall–Kier alpha value is -3.07. The van der Waals surface area contributed by atoms with Crippen LogP contribution in [0.15, 0.2) is 35.5 Å². The number of hydrogen-bond donors (Lipinski definition) is 2. The lowest BCUT2D eigenvalue weighted by molar-refractivity contribution is -0.149. The molecule has 2 aliphatic heterocycles. The quantitative estimate of drug-likeness (QED) is 0.531. The number of carbonyl (C=O) groups is 3. The molecule has 2 N–H and O–H groups in total. The predicted octanol–water partition coefficient (Wildman–Crippen LogP) is 2.92. The zero-order valence-corrected chi connectivity index (χ0v) is 20.4. The minimum Gasteiger partial charge on any atom is -0.491 e. The van der Waals surface area contributed by atoms with Crippen molar-refractivity contribution in [1.29, 1.82) is 0 Å². The van der Waals surface area contributed by atoms with Crippen LogP contribution in [0.5, 0.6) is 5.75 Å². The van der Waals surface area contributed by atoms with Gasteiger partial charge in [-0.2, -0.15) is 0 Å². The molecule has 1 aromatic rings. The number of hydrogen-bond acceptors (Lipinski definition) is 7.